The van der Waals surface area contributed by atoms with Crippen LogP contribution in [0.2, 0.25) is 5.02 Å². The molecule has 8 nitrogen and oxygen atoms in total. The number of hydrogen-bond donors (Lipinski definition) is 2. The van der Waals surface area contributed by atoms with E-state index in [0.717, 1.165) is 17.2 Å². The number of halogens is 1. The molecule has 3 aromatic rings. The van der Waals surface area contributed by atoms with E-state index < -0.39 is 0 Å². The molecule has 2 heterocycles. The van der Waals surface area contributed by atoms with Gasteiger partial charge < -0.3 is 20.1 Å². The number of ether oxygens (including phenoxy) is 2. The third kappa shape index (κ3) is 7.53. The van der Waals surface area contributed by atoms with Crippen LogP contribution < -0.4 is 20.1 Å². The van der Waals surface area contributed by atoms with Crippen LogP contribution in [0, 0.1) is 5.92 Å². The molecular formula is C25H25ClN4O4S. The molecule has 1 aromatic carbocycles. The maximum absolute atomic E-state index is 12.5. The quantitative estimate of drug-likeness (QED) is 0.368. The molecule has 2 amide bonds. The summed E-state index contributed by atoms with van der Waals surface area (Å²) in [5, 5.41) is 6.36. The van der Waals surface area contributed by atoms with Crippen molar-refractivity contribution in [1.29, 1.82) is 0 Å². The van der Waals surface area contributed by atoms with Gasteiger partial charge in [0.15, 0.2) is 0 Å². The Morgan fingerprint density at radius 2 is 2.09 bits per heavy atom. The van der Waals surface area contributed by atoms with E-state index in [9.17, 15) is 9.59 Å². The van der Waals surface area contributed by atoms with E-state index in [1.54, 1.807) is 24.4 Å². The maximum atomic E-state index is 12.5. The lowest BCUT2D eigenvalue weighted by atomic mass is 10.2. The number of hydrogen-bond acceptors (Lipinski definition) is 7. The van der Waals surface area contributed by atoms with Crippen LogP contribution in [0.25, 0.3) is 6.08 Å². The van der Waals surface area contributed by atoms with Gasteiger partial charge in [-0.1, -0.05) is 29.0 Å². The van der Waals surface area contributed by atoms with Crippen molar-refractivity contribution >= 4 is 46.6 Å². The van der Waals surface area contributed by atoms with E-state index in [-0.39, 0.29) is 17.9 Å². The van der Waals surface area contributed by atoms with Gasteiger partial charge in [-0.2, -0.15) is 0 Å². The van der Waals surface area contributed by atoms with Gasteiger partial charge in [-0.25, -0.2) is 9.97 Å². The number of nitrogens with zero attached hydrogens (tertiary/aromatic N) is 2. The van der Waals surface area contributed by atoms with Crippen molar-refractivity contribution in [3.8, 4) is 16.7 Å². The number of thiazole rings is 1. The number of carbonyl (C=O) groups is 2. The molecule has 0 bridgehead atoms. The lowest BCUT2D eigenvalue weighted by Gasteiger charge is -2.10. The molecular weight excluding hydrogens is 488 g/mol. The number of anilines is 1. The highest BCUT2D eigenvalue weighted by Crippen LogP contribution is 2.35. The van der Waals surface area contributed by atoms with E-state index >= 15 is 0 Å². The van der Waals surface area contributed by atoms with Gasteiger partial charge in [-0.3, -0.25) is 9.59 Å². The first-order valence-electron chi connectivity index (χ1n) is 11.1. The van der Waals surface area contributed by atoms with E-state index in [2.05, 4.69) is 20.6 Å². The number of benzene rings is 1. The predicted octanol–water partition coefficient (Wildman–Crippen LogP) is 5.56. The molecule has 0 radical (unpaired) electrons. The van der Waals surface area contributed by atoms with Crippen molar-refractivity contribution in [1.82, 2.24) is 15.3 Å². The van der Waals surface area contributed by atoms with Gasteiger partial charge in [0.1, 0.15) is 17.3 Å². The zero-order valence-electron chi connectivity index (χ0n) is 19.3. The Kier molecular flexibility index (Phi) is 7.99. The highest BCUT2D eigenvalue weighted by Gasteiger charge is 2.22. The molecule has 0 unspecified atom stereocenters. The van der Waals surface area contributed by atoms with Crippen molar-refractivity contribution in [3.63, 3.8) is 0 Å². The topological polar surface area (TPSA) is 102 Å². The predicted molar refractivity (Wildman–Crippen MR) is 136 cm³/mol. The first kappa shape index (κ1) is 24.7. The lowest BCUT2D eigenvalue weighted by molar-refractivity contribution is -0.114. The number of nitrogens with one attached hydrogen (secondary N) is 2. The Hall–Kier alpha value is -3.43. The Balaban J connectivity index is 1.30. The SMILES string of the molecule is CC(=O)Nc1cc(C(=O)N[C@@H](C)/C=C/c2cnc(Oc3ccc(OCC4CC4)cc3Cl)s2)ccn1. The summed E-state index contributed by atoms with van der Waals surface area (Å²) >= 11 is 7.70. The van der Waals surface area contributed by atoms with Gasteiger partial charge in [0, 0.05) is 37.0 Å². The van der Waals surface area contributed by atoms with Crippen molar-refractivity contribution in [2.24, 2.45) is 5.92 Å². The largest absolute Gasteiger partial charge is 0.493 e. The second-order valence-electron chi connectivity index (χ2n) is 8.21. The number of pyridine rings is 1. The summed E-state index contributed by atoms with van der Waals surface area (Å²) in [6.07, 6.45) is 9.33. The molecule has 0 aliphatic heterocycles. The van der Waals surface area contributed by atoms with Crippen LogP contribution in [0.3, 0.4) is 0 Å². The first-order valence-corrected chi connectivity index (χ1v) is 12.3. The van der Waals surface area contributed by atoms with Gasteiger partial charge in [-0.05, 0) is 56.0 Å². The molecule has 0 saturated heterocycles. The number of rotatable bonds is 10. The number of amides is 2. The molecule has 1 aliphatic rings. The van der Waals surface area contributed by atoms with Crippen LogP contribution >= 0.6 is 22.9 Å². The fourth-order valence-electron chi connectivity index (χ4n) is 3.04. The van der Waals surface area contributed by atoms with Crippen LogP contribution in [0.1, 0.15) is 41.9 Å². The molecule has 0 spiro atoms. The third-order valence-electron chi connectivity index (χ3n) is 5.02. The molecule has 4 rings (SSSR count). The van der Waals surface area contributed by atoms with Gasteiger partial charge in [0.25, 0.3) is 11.1 Å². The Labute approximate surface area is 212 Å². The summed E-state index contributed by atoms with van der Waals surface area (Å²) < 4.78 is 11.6. The first-order chi connectivity index (χ1) is 16.9. The van der Waals surface area contributed by atoms with E-state index in [1.807, 2.05) is 25.1 Å². The summed E-state index contributed by atoms with van der Waals surface area (Å²) in [5.41, 5.74) is 0.401. The zero-order valence-corrected chi connectivity index (χ0v) is 20.9. The zero-order chi connectivity index (χ0) is 24.8. The van der Waals surface area contributed by atoms with Crippen molar-refractivity contribution in [2.45, 2.75) is 32.7 Å². The van der Waals surface area contributed by atoms with E-state index in [1.165, 1.54) is 43.4 Å². The fraction of sp³-hybridized carbons (Fsp3) is 0.280. The minimum Gasteiger partial charge on any atom is -0.493 e. The van der Waals surface area contributed by atoms with Gasteiger partial charge in [-0.15, -0.1) is 0 Å². The average molecular weight is 513 g/mol. The van der Waals surface area contributed by atoms with Crippen molar-refractivity contribution < 1.29 is 19.1 Å². The van der Waals surface area contributed by atoms with Crippen LogP contribution in [0.4, 0.5) is 5.82 Å². The summed E-state index contributed by atoms with van der Waals surface area (Å²) in [4.78, 5) is 32.9. The summed E-state index contributed by atoms with van der Waals surface area (Å²) in [6.45, 7) is 3.96. The molecule has 1 fully saturated rings. The lowest BCUT2D eigenvalue weighted by Crippen LogP contribution is -2.31. The van der Waals surface area contributed by atoms with Gasteiger partial charge >= 0.3 is 0 Å². The van der Waals surface area contributed by atoms with Crippen LogP contribution in [0.5, 0.6) is 16.7 Å². The van der Waals surface area contributed by atoms with Crippen LogP contribution in [-0.2, 0) is 4.79 Å². The summed E-state index contributed by atoms with van der Waals surface area (Å²) in [7, 11) is 0. The van der Waals surface area contributed by atoms with Crippen molar-refractivity contribution in [3.05, 3.63) is 64.3 Å². The van der Waals surface area contributed by atoms with E-state index in [4.69, 9.17) is 21.1 Å². The van der Waals surface area contributed by atoms with E-state index in [0.29, 0.717) is 33.3 Å². The second kappa shape index (κ2) is 11.3. The fourth-order valence-corrected chi connectivity index (χ4v) is 3.94. The molecule has 1 aliphatic carbocycles. The minimum absolute atomic E-state index is 0.246. The molecule has 10 heteroatoms. The molecule has 2 aromatic heterocycles. The van der Waals surface area contributed by atoms with Crippen LogP contribution in [-0.4, -0.2) is 34.4 Å². The molecule has 182 valence electrons. The minimum atomic E-state index is -0.274. The normalized spacial score (nSPS) is 13.9. The Morgan fingerprint density at radius 1 is 1.26 bits per heavy atom. The summed E-state index contributed by atoms with van der Waals surface area (Å²) in [5.74, 6) is 1.70. The van der Waals surface area contributed by atoms with Gasteiger partial charge in [0.2, 0.25) is 5.91 Å². The molecule has 1 atom stereocenters. The third-order valence-corrected chi connectivity index (χ3v) is 6.16. The number of carbonyl (C=O) groups excluding carboxylic acids is 2. The smallest absolute Gasteiger partial charge is 0.279 e. The molecule has 35 heavy (non-hydrogen) atoms. The highest BCUT2D eigenvalue weighted by molar-refractivity contribution is 7.14. The Morgan fingerprint density at radius 3 is 2.83 bits per heavy atom. The maximum Gasteiger partial charge on any atom is 0.279 e. The monoisotopic (exact) mass is 512 g/mol. The molecule has 2 N–H and O–H groups in total. The molecule has 1 saturated carbocycles. The standard InChI is InChI=1S/C25H25ClN4O4S/c1-15(29-24(32)18-9-10-27-23(11-18)30-16(2)31)3-7-20-13-28-25(35-20)34-22-8-6-19(12-21(22)26)33-14-17-4-5-17/h3,6-13,15,17H,4-5,14H2,1-2H3,(H,29,32)(H,27,30,31)/b7-3+/t15-/m0/s1. The average Bonchev–Trinajstić information content (AvgIpc) is 3.55. The summed E-state index contributed by atoms with van der Waals surface area (Å²) in [6, 6.07) is 8.22. The van der Waals surface area contributed by atoms with Gasteiger partial charge in [0.05, 0.1) is 16.5 Å². The van der Waals surface area contributed by atoms with Crippen LogP contribution in [0.15, 0.2) is 48.8 Å². The Bertz CT molecular complexity index is 1240. The second-order valence-corrected chi connectivity index (χ2v) is 9.64. The van der Waals surface area contributed by atoms with Crippen molar-refractivity contribution in [2.75, 3.05) is 11.9 Å². The number of aromatic nitrogens is 2. The highest BCUT2D eigenvalue weighted by atomic mass is 35.5.